The summed E-state index contributed by atoms with van der Waals surface area (Å²) >= 11 is 0. The number of hydrogen-bond donors (Lipinski definition) is 1. The quantitative estimate of drug-likeness (QED) is 0.375. The molecule has 0 bridgehead atoms. The number of primary amides is 1. The Bertz CT molecular complexity index is 60.0. The van der Waals surface area contributed by atoms with Gasteiger partial charge in [-0.1, -0.05) is 6.92 Å². The van der Waals surface area contributed by atoms with E-state index in [1.807, 2.05) is 6.92 Å². The third-order valence-corrected chi connectivity index (χ3v) is 0.496. The van der Waals surface area contributed by atoms with Crippen molar-refractivity contribution in [3.8, 4) is 0 Å². The molecule has 0 rings (SSSR count). The molecule has 0 saturated heterocycles. The van der Waals surface area contributed by atoms with Crippen molar-refractivity contribution < 1.29 is 25.1 Å². The van der Waals surface area contributed by atoms with Crippen LogP contribution in [-0.2, 0) is 4.79 Å². The molecule has 3 heteroatoms. The zero-order valence-electron chi connectivity index (χ0n) is 5.90. The second kappa shape index (κ2) is 6.07. The largest absolute Gasteiger partial charge is 1.00 e. The predicted octanol–water partition coefficient (Wildman–Crippen LogP) is -2.61. The minimum atomic E-state index is -0.211. The van der Waals surface area contributed by atoms with Crippen LogP contribution in [-0.4, -0.2) is 5.91 Å². The van der Waals surface area contributed by atoms with Crippen molar-refractivity contribution in [2.24, 2.45) is 5.73 Å². The van der Waals surface area contributed by atoms with Gasteiger partial charge in [0.1, 0.15) is 0 Å². The first-order chi connectivity index (χ1) is 2.77. The molecule has 0 unspecified atom stereocenters. The van der Waals surface area contributed by atoms with Crippen LogP contribution >= 0.6 is 0 Å². The van der Waals surface area contributed by atoms with E-state index in [1.165, 1.54) is 0 Å². The Balaban J connectivity index is -0.000000125. The third-order valence-electron chi connectivity index (χ3n) is 0.496. The van der Waals surface area contributed by atoms with Gasteiger partial charge >= 0.3 is 18.9 Å². The molecule has 0 aromatic carbocycles. The van der Waals surface area contributed by atoms with Crippen LogP contribution < -0.4 is 24.6 Å². The van der Waals surface area contributed by atoms with Crippen molar-refractivity contribution >= 4 is 5.91 Å². The molecular formula is C4H10LiNO. The molecule has 0 aliphatic carbocycles. The predicted molar refractivity (Wildman–Crippen MR) is 25.2 cm³/mol. The Labute approximate surface area is 57.1 Å². The molecule has 0 saturated carbocycles. The number of amides is 1. The molecule has 0 aliphatic rings. The van der Waals surface area contributed by atoms with Crippen molar-refractivity contribution in [2.75, 3.05) is 0 Å². The van der Waals surface area contributed by atoms with E-state index in [9.17, 15) is 4.79 Å². The second-order valence-corrected chi connectivity index (χ2v) is 1.22. The fourth-order valence-electron chi connectivity index (χ4n) is 0.246. The van der Waals surface area contributed by atoms with Crippen molar-refractivity contribution in [1.82, 2.24) is 0 Å². The van der Waals surface area contributed by atoms with Gasteiger partial charge in [-0.3, -0.25) is 4.79 Å². The molecule has 0 heterocycles. The molecule has 38 valence electrons. The van der Waals surface area contributed by atoms with Crippen LogP contribution in [0.1, 0.15) is 21.2 Å². The Morgan fingerprint density at radius 3 is 2.29 bits per heavy atom. The van der Waals surface area contributed by atoms with E-state index < -0.39 is 0 Å². The Kier molecular flexibility index (Phi) is 8.78. The summed E-state index contributed by atoms with van der Waals surface area (Å²) in [6, 6.07) is 0. The Hall–Kier alpha value is 0.0674. The van der Waals surface area contributed by atoms with E-state index in [4.69, 9.17) is 5.73 Å². The van der Waals surface area contributed by atoms with Crippen LogP contribution in [0.5, 0.6) is 0 Å². The summed E-state index contributed by atoms with van der Waals surface area (Å²) in [5, 5.41) is 0. The Morgan fingerprint density at radius 2 is 2.29 bits per heavy atom. The van der Waals surface area contributed by atoms with E-state index in [2.05, 4.69) is 0 Å². The first-order valence-corrected chi connectivity index (χ1v) is 2.05. The number of nitrogens with two attached hydrogens (primary N) is 1. The summed E-state index contributed by atoms with van der Waals surface area (Å²) in [7, 11) is 0. The van der Waals surface area contributed by atoms with Gasteiger partial charge in [0.25, 0.3) is 0 Å². The third kappa shape index (κ3) is 10.7. The monoisotopic (exact) mass is 95.1 g/mol. The van der Waals surface area contributed by atoms with Crippen LogP contribution in [0, 0.1) is 0 Å². The fraction of sp³-hybridized carbons (Fsp3) is 0.750. The minimum Gasteiger partial charge on any atom is -1.00 e. The van der Waals surface area contributed by atoms with Crippen LogP contribution in [0.25, 0.3) is 0 Å². The van der Waals surface area contributed by atoms with Gasteiger partial charge in [-0.25, -0.2) is 0 Å². The maximum absolute atomic E-state index is 9.82. The standard InChI is InChI=1S/C4H9NO.Li.H/c1-2-3-4(5)6;;/h2-3H2,1H3,(H2,5,6);;/q;+1;-1. The molecule has 0 aliphatic heterocycles. The molecular weight excluding hydrogens is 85.0 g/mol. The fourth-order valence-corrected chi connectivity index (χ4v) is 0.246. The summed E-state index contributed by atoms with van der Waals surface area (Å²) in [6.45, 7) is 1.92. The number of carbonyl (C=O) groups is 1. The minimum absolute atomic E-state index is 0. The van der Waals surface area contributed by atoms with Gasteiger partial charge in [-0.2, -0.15) is 0 Å². The molecule has 2 nitrogen and oxygen atoms in total. The summed E-state index contributed by atoms with van der Waals surface area (Å²) in [6.07, 6.45) is 1.37. The topological polar surface area (TPSA) is 43.1 Å². The van der Waals surface area contributed by atoms with E-state index in [-0.39, 0.29) is 26.2 Å². The second-order valence-electron chi connectivity index (χ2n) is 1.22. The maximum atomic E-state index is 9.82. The van der Waals surface area contributed by atoms with Crippen LogP contribution in [0.15, 0.2) is 0 Å². The van der Waals surface area contributed by atoms with Gasteiger partial charge < -0.3 is 7.16 Å². The van der Waals surface area contributed by atoms with E-state index in [0.717, 1.165) is 6.42 Å². The normalized spacial score (nSPS) is 7.00. The van der Waals surface area contributed by atoms with Crippen molar-refractivity contribution in [3.05, 3.63) is 0 Å². The van der Waals surface area contributed by atoms with Gasteiger partial charge in [-0.05, 0) is 6.42 Å². The van der Waals surface area contributed by atoms with E-state index in [0.29, 0.717) is 6.42 Å². The van der Waals surface area contributed by atoms with Gasteiger partial charge in [0.15, 0.2) is 0 Å². The number of carbonyl (C=O) groups excluding carboxylic acids is 1. The summed E-state index contributed by atoms with van der Waals surface area (Å²) in [4.78, 5) is 9.82. The maximum Gasteiger partial charge on any atom is 1.00 e. The van der Waals surface area contributed by atoms with Crippen LogP contribution in [0.4, 0.5) is 0 Å². The van der Waals surface area contributed by atoms with Crippen LogP contribution in [0.2, 0.25) is 0 Å². The zero-order chi connectivity index (χ0) is 4.99. The molecule has 2 N–H and O–H groups in total. The molecule has 0 aromatic heterocycles. The summed E-state index contributed by atoms with van der Waals surface area (Å²) in [5.74, 6) is -0.211. The van der Waals surface area contributed by atoms with E-state index >= 15 is 0 Å². The van der Waals surface area contributed by atoms with Crippen molar-refractivity contribution in [3.63, 3.8) is 0 Å². The molecule has 0 radical (unpaired) electrons. The summed E-state index contributed by atoms with van der Waals surface area (Å²) < 4.78 is 0. The number of hydrogen-bond acceptors (Lipinski definition) is 1. The average molecular weight is 95.1 g/mol. The van der Waals surface area contributed by atoms with Crippen LogP contribution in [0.3, 0.4) is 0 Å². The smallest absolute Gasteiger partial charge is 1.00 e. The summed E-state index contributed by atoms with van der Waals surface area (Å²) in [5.41, 5.74) is 4.76. The van der Waals surface area contributed by atoms with Crippen molar-refractivity contribution in [2.45, 2.75) is 19.8 Å². The Morgan fingerprint density at radius 1 is 1.86 bits per heavy atom. The number of rotatable bonds is 2. The van der Waals surface area contributed by atoms with Gasteiger partial charge in [0, 0.05) is 6.42 Å². The molecule has 7 heavy (non-hydrogen) atoms. The van der Waals surface area contributed by atoms with Gasteiger partial charge in [0.2, 0.25) is 5.91 Å². The van der Waals surface area contributed by atoms with Gasteiger partial charge in [-0.15, -0.1) is 0 Å². The average Bonchev–Trinajstić information content (AvgIpc) is 1.35. The molecule has 1 amide bonds. The van der Waals surface area contributed by atoms with E-state index in [1.54, 1.807) is 0 Å². The first kappa shape index (κ1) is 10.1. The first-order valence-electron chi connectivity index (χ1n) is 2.05. The van der Waals surface area contributed by atoms with Gasteiger partial charge in [0.05, 0.1) is 0 Å². The molecule has 0 spiro atoms. The molecule has 0 aromatic rings. The molecule has 0 atom stereocenters. The molecule has 0 fully saturated rings. The SMILES string of the molecule is CCCC(N)=O.[H-].[Li+]. The zero-order valence-corrected chi connectivity index (χ0v) is 4.90. The van der Waals surface area contributed by atoms with Crippen molar-refractivity contribution in [1.29, 1.82) is 0 Å².